The third-order valence-corrected chi connectivity index (χ3v) is 17.0. The minimum absolute atomic E-state index is 0.0325. The summed E-state index contributed by atoms with van der Waals surface area (Å²) in [6.07, 6.45) is -0.609. The van der Waals surface area contributed by atoms with Gasteiger partial charge in [0.2, 0.25) is 6.54 Å². The van der Waals surface area contributed by atoms with E-state index in [2.05, 4.69) is 40.1 Å². The lowest BCUT2D eigenvalue weighted by Crippen LogP contribution is -2.39. The molecule has 6 heterocycles. The predicted molar refractivity (Wildman–Crippen MR) is 299 cm³/mol. The van der Waals surface area contributed by atoms with Gasteiger partial charge in [-0.1, -0.05) is 86.6 Å². The van der Waals surface area contributed by atoms with Gasteiger partial charge >= 0.3 is 12.7 Å². The molecule has 10 atom stereocenters. The number of aryl methyl sites for hydroxylation is 1. The van der Waals surface area contributed by atoms with E-state index < -0.39 is 76.0 Å². The number of hydrogen-bond donors (Lipinski definition) is 2. The van der Waals surface area contributed by atoms with Gasteiger partial charge in [0.05, 0.1) is 52.7 Å². The van der Waals surface area contributed by atoms with Crippen LogP contribution in [0.5, 0.6) is 17.5 Å². The molecular formula is C55H58N10O12P2S. The summed E-state index contributed by atoms with van der Waals surface area (Å²) in [5, 5.41) is 2.83. The average Bonchev–Trinajstić information content (AvgIpc) is 4.22. The topological polar surface area (TPSA) is 233 Å². The molecule has 2 saturated heterocycles. The number of aromatic nitrogens is 8. The van der Waals surface area contributed by atoms with E-state index in [-0.39, 0.29) is 49.4 Å². The molecule has 2 unspecified atom stereocenters. The molecule has 0 radical (unpaired) electrons. The maximum absolute atomic E-state index is 13.3. The second-order valence-electron chi connectivity index (χ2n) is 18.8. The van der Waals surface area contributed by atoms with Crippen molar-refractivity contribution in [3.8, 4) is 17.5 Å². The van der Waals surface area contributed by atoms with Crippen molar-refractivity contribution in [1.82, 2.24) is 39.0 Å². The van der Waals surface area contributed by atoms with Gasteiger partial charge in [-0.25, -0.2) is 36.1 Å². The number of rotatable bonds is 23. The Labute approximate surface area is 468 Å². The van der Waals surface area contributed by atoms with E-state index >= 15 is 0 Å². The molecule has 0 aliphatic carbocycles. The van der Waals surface area contributed by atoms with E-state index in [0.29, 0.717) is 33.9 Å². The Morgan fingerprint density at radius 2 is 1.40 bits per heavy atom. The van der Waals surface area contributed by atoms with Crippen molar-refractivity contribution in [2.24, 2.45) is 11.8 Å². The number of carbonyl (C=O) groups is 1. The first kappa shape index (κ1) is 56.4. The summed E-state index contributed by atoms with van der Waals surface area (Å²) in [4.78, 5) is 54.3. The maximum atomic E-state index is 13.3. The highest BCUT2D eigenvalue weighted by Crippen LogP contribution is 2.56. The first-order chi connectivity index (χ1) is 38.9. The van der Waals surface area contributed by atoms with Gasteiger partial charge in [0, 0.05) is 17.4 Å². The van der Waals surface area contributed by atoms with Gasteiger partial charge in [-0.05, 0) is 71.8 Å². The second-order valence-corrected chi connectivity index (χ2v) is 22.2. The van der Waals surface area contributed by atoms with Gasteiger partial charge in [0.15, 0.2) is 37.9 Å². The zero-order valence-corrected chi connectivity index (χ0v) is 47.1. The molecule has 2 aliphatic heterocycles. The molecule has 416 valence electrons. The van der Waals surface area contributed by atoms with E-state index in [1.54, 1.807) is 49.4 Å². The average molecular weight is 1150 g/mol. The number of hydrogen-bond acceptors (Lipinski definition) is 19. The number of nitrogens with zero attached hydrogens (tertiary/aromatic N) is 9. The van der Waals surface area contributed by atoms with E-state index in [1.807, 2.05) is 110 Å². The van der Waals surface area contributed by atoms with Crippen LogP contribution in [0.2, 0.25) is 0 Å². The van der Waals surface area contributed by atoms with Crippen LogP contribution in [-0.4, -0.2) is 122 Å². The molecule has 0 spiro atoms. The fourth-order valence-corrected chi connectivity index (χ4v) is 12.8. The van der Waals surface area contributed by atoms with Gasteiger partial charge in [-0.2, -0.15) is 4.98 Å². The fourth-order valence-electron chi connectivity index (χ4n) is 10.1. The molecule has 2 fully saturated rings. The summed E-state index contributed by atoms with van der Waals surface area (Å²) < 4.78 is 67.8. The van der Waals surface area contributed by atoms with Crippen LogP contribution in [0.25, 0.3) is 27.2 Å². The number of nitrogens with one attached hydrogen (secondary N) is 1. The summed E-state index contributed by atoms with van der Waals surface area (Å²) in [5.74, 6) is 0.0978. The Morgan fingerprint density at radius 3 is 2.05 bits per heavy atom. The van der Waals surface area contributed by atoms with Crippen LogP contribution in [0.1, 0.15) is 59.0 Å². The minimum Gasteiger partial charge on any atom is -0.497 e. The van der Waals surface area contributed by atoms with E-state index in [4.69, 9.17) is 64.9 Å². The third-order valence-electron chi connectivity index (χ3n) is 14.2. The largest absolute Gasteiger partial charge is 0.497 e. The molecule has 4 aromatic heterocycles. The van der Waals surface area contributed by atoms with E-state index in [0.717, 1.165) is 16.7 Å². The number of amides is 1. The van der Waals surface area contributed by atoms with Crippen molar-refractivity contribution < 1.29 is 56.2 Å². The van der Waals surface area contributed by atoms with Gasteiger partial charge < -0.3 is 61.6 Å². The number of fused-ring (bicyclic) bond motifs is 2. The van der Waals surface area contributed by atoms with E-state index in [1.165, 1.54) is 19.8 Å². The molecule has 2 N–H and O–H groups in total. The van der Waals surface area contributed by atoms with Crippen LogP contribution in [0.15, 0.2) is 128 Å². The molecule has 10 rings (SSSR count). The predicted octanol–water partition coefficient (Wildman–Crippen LogP) is 8.78. The summed E-state index contributed by atoms with van der Waals surface area (Å²) in [5.41, 5.74) is 3.94. The normalized spacial score (nSPS) is 21.9. The van der Waals surface area contributed by atoms with Crippen LogP contribution in [-0.2, 0) is 49.7 Å². The number of imidazole rings is 2. The zero-order chi connectivity index (χ0) is 56.0. The molecule has 25 heteroatoms. The van der Waals surface area contributed by atoms with Gasteiger partial charge in [0.1, 0.15) is 66.4 Å². The SMILES string of the molecule is [C-]#[N+]CCOP(=S)(OC[C@H]1O[C@@H](n2c(OC)nc3c(NC(=O)c4ccccc4)ncnc32)[C@H](OPO)[C@@H]1C)O[C@H]1[C@@H](C)[C@H](n2cnc3c(C)ncnc32)O[C@@H]1COC(c1ccccc1)(c1ccc(OC)cc1)c1ccc(OC)cc1. The lowest BCUT2D eigenvalue weighted by molar-refractivity contribution is -0.0929. The van der Waals surface area contributed by atoms with Crippen molar-refractivity contribution in [3.05, 3.63) is 168 Å². The van der Waals surface area contributed by atoms with Gasteiger partial charge in [-0.15, -0.1) is 0 Å². The van der Waals surface area contributed by atoms with Gasteiger partial charge in [-0.3, -0.25) is 9.36 Å². The Hall–Kier alpha value is -6.90. The van der Waals surface area contributed by atoms with Crippen LogP contribution >= 0.6 is 15.8 Å². The molecule has 8 aromatic rings. The lowest BCUT2D eigenvalue weighted by Gasteiger charge is -2.37. The minimum atomic E-state index is -3.88. The first-order valence-electron chi connectivity index (χ1n) is 25.5. The summed E-state index contributed by atoms with van der Waals surface area (Å²) in [6.45, 7) is 9.06. The smallest absolute Gasteiger partial charge is 0.327 e. The highest BCUT2D eigenvalue weighted by atomic mass is 32.5. The highest BCUT2D eigenvalue weighted by molar-refractivity contribution is 8.07. The number of benzene rings is 4. The Kier molecular flexibility index (Phi) is 17.5. The molecule has 22 nitrogen and oxygen atoms in total. The molecule has 80 heavy (non-hydrogen) atoms. The molecule has 0 saturated carbocycles. The monoisotopic (exact) mass is 1140 g/mol. The van der Waals surface area contributed by atoms with Crippen molar-refractivity contribution in [3.63, 3.8) is 0 Å². The number of anilines is 1. The summed E-state index contributed by atoms with van der Waals surface area (Å²) in [7, 11) is 3.74. The second kappa shape index (κ2) is 24.9. The Morgan fingerprint density at radius 1 is 0.762 bits per heavy atom. The zero-order valence-electron chi connectivity index (χ0n) is 44.4. The molecule has 1 amide bonds. The lowest BCUT2D eigenvalue weighted by atomic mass is 9.80. The first-order valence-corrected chi connectivity index (χ1v) is 28.9. The van der Waals surface area contributed by atoms with Crippen LogP contribution in [0.3, 0.4) is 0 Å². The molecule has 2 aliphatic rings. The highest BCUT2D eigenvalue weighted by Gasteiger charge is 2.51. The van der Waals surface area contributed by atoms with E-state index in [9.17, 15) is 9.69 Å². The van der Waals surface area contributed by atoms with Crippen molar-refractivity contribution in [1.29, 1.82) is 0 Å². The quantitative estimate of drug-likeness (QED) is 0.0264. The summed E-state index contributed by atoms with van der Waals surface area (Å²) >= 11 is 6.34. The van der Waals surface area contributed by atoms with Crippen LogP contribution < -0.4 is 19.5 Å². The number of methoxy groups -OCH3 is 3. The summed E-state index contributed by atoms with van der Waals surface area (Å²) in [6, 6.07) is 34.1. The van der Waals surface area contributed by atoms with Crippen molar-refractivity contribution >= 4 is 61.6 Å². The Balaban J connectivity index is 0.984. The molecule has 4 aromatic carbocycles. The Bertz CT molecular complexity index is 3460. The van der Waals surface area contributed by atoms with Crippen molar-refractivity contribution in [2.75, 3.05) is 53.0 Å². The number of ether oxygens (including phenoxy) is 6. The third kappa shape index (κ3) is 11.3. The standard InChI is InChI=1S/C55H58N10O12P2S/c1-33-42(74-53(47(33)76-78-67)65-50-45(62-54(65)70-7)48(58-31-60-50)63-51(66)36-14-10-8-11-15-36)29-73-79(80,72-27-26-56-4)77-46-34(2)52(64-32-61-44-35(3)57-30-59-49(44)64)75-43(46)28-71-55(37-16-12-9-13-17-37,38-18-22-40(68-5)23-19-38)39-20-24-41(69-6)25-21-39/h8-25,30-34,42-43,46-47,52-53,67,78H,26-29H2,1-3,5-7H3,(H,58,60,63,66)/t33-,34-,42-,43-,46+,47-,52-,53-,79?/m1/s1. The fraction of sp³-hybridized carbons (Fsp3) is 0.345. The van der Waals surface area contributed by atoms with Crippen molar-refractivity contribution in [2.45, 2.75) is 63.2 Å². The van der Waals surface area contributed by atoms with Crippen LogP contribution in [0.4, 0.5) is 5.82 Å². The number of carbonyl (C=O) groups excluding carboxylic acids is 1. The maximum Gasteiger partial charge on any atom is 0.327 e. The van der Waals surface area contributed by atoms with Crippen LogP contribution in [0, 0.1) is 25.3 Å². The molecule has 0 bridgehead atoms. The molecular weight excluding hydrogens is 1090 g/mol. The van der Waals surface area contributed by atoms with Gasteiger partial charge in [0.25, 0.3) is 5.91 Å².